The Morgan fingerprint density at radius 3 is 2.68 bits per heavy atom. The van der Waals surface area contributed by atoms with Crippen molar-refractivity contribution in [2.45, 2.75) is 70.5 Å². The number of carboxylic acids is 1. The molecule has 1 aromatic carbocycles. The molecule has 1 aliphatic rings. The van der Waals surface area contributed by atoms with Crippen molar-refractivity contribution >= 4 is 5.97 Å². The minimum absolute atomic E-state index is 0.262. The summed E-state index contributed by atoms with van der Waals surface area (Å²) in [5, 5.41) is 19.9. The van der Waals surface area contributed by atoms with Gasteiger partial charge in [0, 0.05) is 5.56 Å². The van der Waals surface area contributed by atoms with E-state index in [-0.39, 0.29) is 12.3 Å². The maximum Gasteiger partial charge on any atom is 0.310 e. The van der Waals surface area contributed by atoms with Crippen molar-refractivity contribution in [1.82, 2.24) is 0 Å². The van der Waals surface area contributed by atoms with Gasteiger partial charge in [-0.25, -0.2) is 0 Å². The molecule has 0 spiro atoms. The zero-order valence-electron chi connectivity index (χ0n) is 13.5. The maximum atomic E-state index is 11.1. The monoisotopic (exact) mass is 306 g/mol. The Bertz CT molecular complexity index is 526. The van der Waals surface area contributed by atoms with Crippen molar-refractivity contribution in [2.75, 3.05) is 0 Å². The third kappa shape index (κ3) is 3.61. The third-order valence-corrected chi connectivity index (χ3v) is 4.32. The van der Waals surface area contributed by atoms with Gasteiger partial charge in [0.2, 0.25) is 5.79 Å². The van der Waals surface area contributed by atoms with Crippen LogP contribution in [-0.4, -0.2) is 22.0 Å². The molecule has 2 atom stereocenters. The molecule has 0 bridgehead atoms. The van der Waals surface area contributed by atoms with Crippen molar-refractivity contribution in [3.05, 3.63) is 29.3 Å². The summed E-state index contributed by atoms with van der Waals surface area (Å²) in [6, 6.07) is 5.94. The van der Waals surface area contributed by atoms with E-state index < -0.39 is 11.8 Å². The van der Waals surface area contributed by atoms with Crippen molar-refractivity contribution in [3.8, 4) is 5.75 Å². The van der Waals surface area contributed by atoms with Gasteiger partial charge >= 0.3 is 5.97 Å². The molecule has 1 aliphatic heterocycles. The summed E-state index contributed by atoms with van der Waals surface area (Å²) >= 11 is 0. The number of unbranched alkanes of at least 4 members (excludes halogenated alkanes) is 2. The molecule has 22 heavy (non-hydrogen) atoms. The number of hydrogen-bond donors (Lipinski definition) is 2. The Hall–Kier alpha value is -1.55. The Balaban J connectivity index is 2.28. The lowest BCUT2D eigenvalue weighted by Gasteiger charge is -2.27. The summed E-state index contributed by atoms with van der Waals surface area (Å²) in [5.41, 5.74) is 2.18. The van der Waals surface area contributed by atoms with Crippen LogP contribution in [0.1, 0.15) is 69.4 Å². The van der Waals surface area contributed by atoms with Gasteiger partial charge in [-0.3, -0.25) is 4.79 Å². The van der Waals surface area contributed by atoms with Gasteiger partial charge < -0.3 is 14.9 Å². The lowest BCUT2D eigenvalue weighted by molar-refractivity contribution is -0.170. The zero-order valence-corrected chi connectivity index (χ0v) is 13.5. The highest BCUT2D eigenvalue weighted by molar-refractivity contribution is 5.68. The normalized spacial score (nSPS) is 23.1. The standard InChI is InChI=1S/C18H26O4/c1-3-5-6-8-15-14-11-13(7-4-2)9-10-16(14)22-18(15,21)12-17(19)20/h9-11,15,21H,3-8,12H2,1-2H3,(H,19,20). The van der Waals surface area contributed by atoms with E-state index in [1.807, 2.05) is 12.1 Å². The molecule has 4 nitrogen and oxygen atoms in total. The second-order valence-corrected chi connectivity index (χ2v) is 6.19. The first-order valence-corrected chi connectivity index (χ1v) is 8.26. The second kappa shape index (κ2) is 7.14. The molecule has 1 aromatic rings. The summed E-state index contributed by atoms with van der Waals surface area (Å²) in [5.74, 6) is -2.29. The number of ether oxygens (including phenoxy) is 1. The lowest BCUT2D eigenvalue weighted by Crippen LogP contribution is -2.40. The molecular formula is C18H26O4. The molecule has 4 heteroatoms. The topological polar surface area (TPSA) is 66.8 Å². The molecule has 0 amide bonds. The number of hydrogen-bond acceptors (Lipinski definition) is 3. The average Bonchev–Trinajstić information content (AvgIpc) is 2.70. The molecule has 1 heterocycles. The first-order chi connectivity index (χ1) is 10.5. The van der Waals surface area contributed by atoms with Crippen LogP contribution in [0.15, 0.2) is 18.2 Å². The molecule has 0 aromatic heterocycles. The molecule has 2 rings (SSSR count). The smallest absolute Gasteiger partial charge is 0.310 e. The molecule has 0 aliphatic carbocycles. The molecule has 0 saturated heterocycles. The number of aryl methyl sites for hydroxylation is 1. The van der Waals surface area contributed by atoms with E-state index >= 15 is 0 Å². The SMILES string of the molecule is CCCCCC1c2cc(CCC)ccc2OC1(O)CC(=O)O. The summed E-state index contributed by atoms with van der Waals surface area (Å²) in [6.45, 7) is 4.26. The molecule has 0 radical (unpaired) electrons. The fourth-order valence-electron chi connectivity index (χ4n) is 3.27. The number of rotatable bonds is 8. The number of carboxylic acid groups (broad SMARTS) is 1. The Kier molecular flexibility index (Phi) is 5.46. The summed E-state index contributed by atoms with van der Waals surface area (Å²) in [7, 11) is 0. The third-order valence-electron chi connectivity index (χ3n) is 4.32. The Morgan fingerprint density at radius 2 is 2.05 bits per heavy atom. The van der Waals surface area contributed by atoms with Crippen molar-refractivity contribution in [1.29, 1.82) is 0 Å². The second-order valence-electron chi connectivity index (χ2n) is 6.19. The number of aliphatic carboxylic acids is 1. The minimum Gasteiger partial charge on any atom is -0.481 e. The zero-order chi connectivity index (χ0) is 16.2. The van der Waals surface area contributed by atoms with E-state index in [2.05, 4.69) is 19.9 Å². The van der Waals surface area contributed by atoms with Gasteiger partial charge in [-0.1, -0.05) is 51.7 Å². The van der Waals surface area contributed by atoms with Gasteiger partial charge in [0.1, 0.15) is 12.2 Å². The van der Waals surface area contributed by atoms with Crippen LogP contribution >= 0.6 is 0 Å². The lowest BCUT2D eigenvalue weighted by atomic mass is 9.85. The van der Waals surface area contributed by atoms with E-state index in [4.69, 9.17) is 9.84 Å². The van der Waals surface area contributed by atoms with Crippen LogP contribution < -0.4 is 4.74 Å². The van der Waals surface area contributed by atoms with E-state index in [1.54, 1.807) is 0 Å². The highest BCUT2D eigenvalue weighted by atomic mass is 16.6. The number of fused-ring (bicyclic) bond motifs is 1. The summed E-state index contributed by atoms with van der Waals surface area (Å²) < 4.78 is 5.66. The Morgan fingerprint density at radius 1 is 1.27 bits per heavy atom. The summed E-state index contributed by atoms with van der Waals surface area (Å²) in [4.78, 5) is 11.1. The fourth-order valence-corrected chi connectivity index (χ4v) is 3.27. The average molecular weight is 306 g/mol. The van der Waals surface area contributed by atoms with Crippen molar-refractivity contribution in [2.24, 2.45) is 0 Å². The van der Waals surface area contributed by atoms with Gasteiger partial charge in [-0.2, -0.15) is 0 Å². The van der Waals surface area contributed by atoms with Crippen molar-refractivity contribution in [3.63, 3.8) is 0 Å². The minimum atomic E-state index is -1.62. The molecule has 0 fully saturated rings. The summed E-state index contributed by atoms with van der Waals surface area (Å²) in [6.07, 6.45) is 5.52. The first-order valence-electron chi connectivity index (χ1n) is 8.26. The predicted octanol–water partition coefficient (Wildman–Crippen LogP) is 3.86. The van der Waals surface area contributed by atoms with Gasteiger partial charge in [-0.15, -0.1) is 0 Å². The van der Waals surface area contributed by atoms with Gasteiger partial charge in [-0.05, 0) is 24.5 Å². The van der Waals surface area contributed by atoms with Crippen LogP contribution in [-0.2, 0) is 11.2 Å². The number of carbonyl (C=O) groups is 1. The predicted molar refractivity (Wildman–Crippen MR) is 85.2 cm³/mol. The maximum absolute atomic E-state index is 11.1. The van der Waals surface area contributed by atoms with Crippen LogP contribution in [0.4, 0.5) is 0 Å². The number of aliphatic hydroxyl groups is 1. The van der Waals surface area contributed by atoms with E-state index in [0.29, 0.717) is 5.75 Å². The molecule has 2 unspecified atom stereocenters. The van der Waals surface area contributed by atoms with Gasteiger partial charge in [0.05, 0.1) is 5.92 Å². The van der Waals surface area contributed by atoms with Crippen molar-refractivity contribution < 1.29 is 19.7 Å². The number of benzene rings is 1. The highest BCUT2D eigenvalue weighted by Gasteiger charge is 2.48. The van der Waals surface area contributed by atoms with Crippen LogP contribution in [0.25, 0.3) is 0 Å². The molecule has 0 saturated carbocycles. The van der Waals surface area contributed by atoms with Crippen LogP contribution in [0, 0.1) is 0 Å². The van der Waals surface area contributed by atoms with E-state index in [1.165, 1.54) is 5.56 Å². The van der Waals surface area contributed by atoms with Crippen LogP contribution in [0.5, 0.6) is 5.75 Å². The Labute approximate surface area is 132 Å². The van der Waals surface area contributed by atoms with Crippen LogP contribution in [0.2, 0.25) is 0 Å². The largest absolute Gasteiger partial charge is 0.481 e. The first kappa shape index (κ1) is 16.8. The van der Waals surface area contributed by atoms with Crippen LogP contribution in [0.3, 0.4) is 0 Å². The molecular weight excluding hydrogens is 280 g/mol. The highest BCUT2D eigenvalue weighted by Crippen LogP contribution is 2.48. The van der Waals surface area contributed by atoms with E-state index in [0.717, 1.165) is 44.1 Å². The van der Waals surface area contributed by atoms with Gasteiger partial charge in [0.15, 0.2) is 0 Å². The fraction of sp³-hybridized carbons (Fsp3) is 0.611. The van der Waals surface area contributed by atoms with Gasteiger partial charge in [0.25, 0.3) is 0 Å². The molecule has 122 valence electrons. The van der Waals surface area contributed by atoms with E-state index in [9.17, 15) is 9.90 Å². The quantitative estimate of drug-likeness (QED) is 0.716. The molecule has 2 N–H and O–H groups in total.